The van der Waals surface area contributed by atoms with Crippen molar-refractivity contribution in [1.29, 1.82) is 0 Å². The van der Waals surface area contributed by atoms with Gasteiger partial charge in [0.1, 0.15) is 0 Å². The van der Waals surface area contributed by atoms with Crippen molar-refractivity contribution in [1.82, 2.24) is 5.32 Å². The Kier molecular flexibility index (Phi) is 2.24. The van der Waals surface area contributed by atoms with Crippen LogP contribution in [0.3, 0.4) is 0 Å². The molecule has 1 aliphatic rings. The summed E-state index contributed by atoms with van der Waals surface area (Å²) in [7, 11) is 0. The third-order valence-electron chi connectivity index (χ3n) is 1.99. The highest BCUT2D eigenvalue weighted by molar-refractivity contribution is 8.00. The Hall–Kier alpha value is -0.180. The lowest BCUT2D eigenvalue weighted by atomic mass is 10.0. The smallest absolute Gasteiger partial charge is 0.207 e. The number of rotatable bonds is 2. The van der Waals surface area contributed by atoms with Gasteiger partial charge in [0, 0.05) is 10.8 Å². The summed E-state index contributed by atoms with van der Waals surface area (Å²) in [5.74, 6) is 1.17. The number of carbonyl (C=O) groups is 1. The van der Waals surface area contributed by atoms with Crippen LogP contribution in [0.2, 0.25) is 0 Å². The quantitative estimate of drug-likeness (QED) is 0.609. The first-order valence-electron chi connectivity index (χ1n) is 3.50. The Morgan fingerprint density at radius 3 is 2.80 bits per heavy atom. The van der Waals surface area contributed by atoms with E-state index in [0.29, 0.717) is 6.04 Å². The number of nitrogens with one attached hydrogen (secondary N) is 1. The lowest BCUT2D eigenvalue weighted by Gasteiger charge is -2.24. The first-order valence-corrected chi connectivity index (χ1v) is 4.49. The van der Waals surface area contributed by atoms with E-state index < -0.39 is 0 Å². The minimum absolute atomic E-state index is 0.237. The second-order valence-electron chi connectivity index (χ2n) is 3.08. The first kappa shape index (κ1) is 7.92. The number of carbonyl (C=O) groups excluding carboxylic acids is 1. The van der Waals surface area contributed by atoms with Crippen LogP contribution in [0.1, 0.15) is 20.3 Å². The third kappa shape index (κ3) is 1.45. The average molecular weight is 159 g/mol. The van der Waals surface area contributed by atoms with Gasteiger partial charge in [0.2, 0.25) is 6.41 Å². The SMILES string of the molecule is CC1(C)SCCC1NC=O. The summed E-state index contributed by atoms with van der Waals surface area (Å²) in [5, 5.41) is 2.83. The Labute approximate surface area is 65.8 Å². The minimum Gasteiger partial charge on any atom is -0.355 e. The maximum absolute atomic E-state index is 10.1. The van der Waals surface area contributed by atoms with Gasteiger partial charge in [0.15, 0.2) is 0 Å². The van der Waals surface area contributed by atoms with Gasteiger partial charge in [-0.25, -0.2) is 0 Å². The summed E-state index contributed by atoms with van der Waals surface area (Å²) < 4.78 is 0.237. The molecule has 0 aromatic rings. The van der Waals surface area contributed by atoms with E-state index in [2.05, 4.69) is 19.2 Å². The Morgan fingerprint density at radius 2 is 2.40 bits per heavy atom. The summed E-state index contributed by atoms with van der Waals surface area (Å²) in [6.45, 7) is 4.34. The maximum atomic E-state index is 10.1. The Bertz CT molecular complexity index is 136. The average Bonchev–Trinajstić information content (AvgIpc) is 2.13. The molecule has 1 aliphatic heterocycles. The molecule has 0 aromatic heterocycles. The summed E-state index contributed by atoms with van der Waals surface area (Å²) >= 11 is 1.93. The van der Waals surface area contributed by atoms with E-state index in [0.717, 1.165) is 12.8 Å². The van der Waals surface area contributed by atoms with Crippen molar-refractivity contribution >= 4 is 18.2 Å². The molecule has 10 heavy (non-hydrogen) atoms. The molecule has 1 amide bonds. The normalized spacial score (nSPS) is 30.0. The molecule has 0 saturated carbocycles. The standard InChI is InChI=1S/C7H13NOS/c1-7(2)6(8-5-9)3-4-10-7/h5-6H,3-4H2,1-2H3,(H,8,9). The summed E-state index contributed by atoms with van der Waals surface area (Å²) in [5.41, 5.74) is 0. The molecule has 1 fully saturated rings. The molecular formula is C7H13NOS. The zero-order valence-electron chi connectivity index (χ0n) is 6.39. The molecular weight excluding hydrogens is 146 g/mol. The summed E-state index contributed by atoms with van der Waals surface area (Å²) in [6.07, 6.45) is 1.91. The van der Waals surface area contributed by atoms with Gasteiger partial charge in [0.25, 0.3) is 0 Å². The van der Waals surface area contributed by atoms with Crippen LogP contribution in [0.5, 0.6) is 0 Å². The molecule has 1 heterocycles. The molecule has 1 saturated heterocycles. The molecule has 1 unspecified atom stereocenters. The molecule has 1 N–H and O–H groups in total. The topological polar surface area (TPSA) is 29.1 Å². The summed E-state index contributed by atoms with van der Waals surface area (Å²) in [4.78, 5) is 10.1. The van der Waals surface area contributed by atoms with Crippen molar-refractivity contribution in [3.63, 3.8) is 0 Å². The van der Waals surface area contributed by atoms with Gasteiger partial charge in [-0.2, -0.15) is 11.8 Å². The molecule has 0 aromatic carbocycles. The van der Waals surface area contributed by atoms with E-state index in [9.17, 15) is 4.79 Å². The van der Waals surface area contributed by atoms with Crippen LogP contribution in [0.15, 0.2) is 0 Å². The van der Waals surface area contributed by atoms with E-state index in [-0.39, 0.29) is 4.75 Å². The second-order valence-corrected chi connectivity index (χ2v) is 4.83. The molecule has 0 bridgehead atoms. The van der Waals surface area contributed by atoms with Gasteiger partial charge in [-0.15, -0.1) is 0 Å². The Morgan fingerprint density at radius 1 is 1.70 bits per heavy atom. The monoisotopic (exact) mass is 159 g/mol. The maximum Gasteiger partial charge on any atom is 0.207 e. The lowest BCUT2D eigenvalue weighted by Crippen LogP contribution is -2.40. The second kappa shape index (κ2) is 2.82. The molecule has 3 heteroatoms. The number of hydrogen-bond donors (Lipinski definition) is 1. The Balaban J connectivity index is 2.50. The first-order chi connectivity index (χ1) is 4.67. The number of hydrogen-bond acceptors (Lipinski definition) is 2. The van der Waals surface area contributed by atoms with E-state index in [1.54, 1.807) is 0 Å². The fourth-order valence-corrected chi connectivity index (χ4v) is 2.52. The van der Waals surface area contributed by atoms with Gasteiger partial charge in [-0.05, 0) is 26.0 Å². The minimum atomic E-state index is 0.237. The summed E-state index contributed by atoms with van der Waals surface area (Å²) in [6, 6.07) is 0.370. The zero-order chi connectivity index (χ0) is 7.61. The predicted molar refractivity (Wildman–Crippen MR) is 44.1 cm³/mol. The van der Waals surface area contributed by atoms with Crippen LogP contribution in [0.4, 0.5) is 0 Å². The van der Waals surface area contributed by atoms with Gasteiger partial charge >= 0.3 is 0 Å². The number of amides is 1. The lowest BCUT2D eigenvalue weighted by molar-refractivity contribution is -0.110. The van der Waals surface area contributed by atoms with E-state index in [4.69, 9.17) is 0 Å². The van der Waals surface area contributed by atoms with Crippen molar-refractivity contribution < 1.29 is 4.79 Å². The van der Waals surface area contributed by atoms with E-state index >= 15 is 0 Å². The van der Waals surface area contributed by atoms with Crippen LogP contribution < -0.4 is 5.32 Å². The van der Waals surface area contributed by atoms with Gasteiger partial charge < -0.3 is 5.32 Å². The highest BCUT2D eigenvalue weighted by Gasteiger charge is 2.34. The fraction of sp³-hybridized carbons (Fsp3) is 0.857. The van der Waals surface area contributed by atoms with Gasteiger partial charge in [-0.3, -0.25) is 4.79 Å². The van der Waals surface area contributed by atoms with Crippen molar-refractivity contribution in [2.75, 3.05) is 5.75 Å². The van der Waals surface area contributed by atoms with Crippen LogP contribution in [-0.2, 0) is 4.79 Å². The largest absolute Gasteiger partial charge is 0.355 e. The van der Waals surface area contributed by atoms with Crippen molar-refractivity contribution in [2.24, 2.45) is 0 Å². The van der Waals surface area contributed by atoms with Crippen molar-refractivity contribution in [2.45, 2.75) is 31.1 Å². The van der Waals surface area contributed by atoms with Gasteiger partial charge in [0.05, 0.1) is 0 Å². The van der Waals surface area contributed by atoms with E-state index in [1.807, 2.05) is 11.8 Å². The molecule has 0 aliphatic carbocycles. The molecule has 1 rings (SSSR count). The molecule has 2 nitrogen and oxygen atoms in total. The molecule has 0 radical (unpaired) electrons. The molecule has 0 spiro atoms. The van der Waals surface area contributed by atoms with Crippen LogP contribution in [0.25, 0.3) is 0 Å². The van der Waals surface area contributed by atoms with Crippen LogP contribution >= 0.6 is 11.8 Å². The third-order valence-corrected chi connectivity index (χ3v) is 3.46. The van der Waals surface area contributed by atoms with Crippen molar-refractivity contribution in [3.05, 3.63) is 0 Å². The molecule has 58 valence electrons. The number of thioether (sulfide) groups is 1. The van der Waals surface area contributed by atoms with Gasteiger partial charge in [-0.1, -0.05) is 0 Å². The van der Waals surface area contributed by atoms with E-state index in [1.165, 1.54) is 5.75 Å². The van der Waals surface area contributed by atoms with Crippen LogP contribution in [0, 0.1) is 0 Å². The van der Waals surface area contributed by atoms with Crippen LogP contribution in [-0.4, -0.2) is 23.0 Å². The highest BCUT2D eigenvalue weighted by atomic mass is 32.2. The highest BCUT2D eigenvalue weighted by Crippen LogP contribution is 2.36. The molecule has 1 atom stereocenters. The zero-order valence-corrected chi connectivity index (χ0v) is 7.20. The predicted octanol–water partition coefficient (Wildman–Crippen LogP) is 1.02. The fourth-order valence-electron chi connectivity index (χ4n) is 1.25. The van der Waals surface area contributed by atoms with Crippen molar-refractivity contribution in [3.8, 4) is 0 Å².